The first-order chi connectivity index (χ1) is 7.47. The van der Waals surface area contributed by atoms with Gasteiger partial charge in [-0.2, -0.15) is 0 Å². The number of nitrogens with zero attached hydrogens (tertiary/aromatic N) is 1. The van der Waals surface area contributed by atoms with Gasteiger partial charge in [0.15, 0.2) is 0 Å². The lowest BCUT2D eigenvalue weighted by Crippen LogP contribution is -2.38. The lowest BCUT2D eigenvalue weighted by molar-refractivity contribution is 0.188. The number of hydrogen-bond acceptors (Lipinski definition) is 4. The van der Waals surface area contributed by atoms with Crippen molar-refractivity contribution in [3.05, 3.63) is 16.1 Å². The molecule has 0 radical (unpaired) electrons. The summed E-state index contributed by atoms with van der Waals surface area (Å²) in [5.74, 6) is 0.500. The van der Waals surface area contributed by atoms with Gasteiger partial charge in [0.1, 0.15) is 5.01 Å². The number of methoxy groups -OCH3 is 1. The third-order valence-corrected chi connectivity index (χ3v) is 3.71. The predicted octanol–water partition coefficient (Wildman–Crippen LogP) is 2.74. The molecule has 16 heavy (non-hydrogen) atoms. The van der Waals surface area contributed by atoms with Crippen LogP contribution in [0.4, 0.5) is 0 Å². The molecule has 0 aliphatic carbocycles. The van der Waals surface area contributed by atoms with Gasteiger partial charge < -0.3 is 10.1 Å². The third kappa shape index (κ3) is 3.54. The Morgan fingerprint density at radius 3 is 2.69 bits per heavy atom. The van der Waals surface area contributed by atoms with E-state index in [1.165, 1.54) is 5.69 Å². The molecule has 0 unspecified atom stereocenters. The highest BCUT2D eigenvalue weighted by molar-refractivity contribution is 7.09. The summed E-state index contributed by atoms with van der Waals surface area (Å²) in [6.45, 7) is 10.2. The van der Waals surface area contributed by atoms with E-state index in [4.69, 9.17) is 4.74 Å². The van der Waals surface area contributed by atoms with E-state index in [-0.39, 0.29) is 5.54 Å². The minimum absolute atomic E-state index is 0.0731. The van der Waals surface area contributed by atoms with Crippen molar-refractivity contribution in [1.82, 2.24) is 10.3 Å². The van der Waals surface area contributed by atoms with Crippen molar-refractivity contribution in [1.29, 1.82) is 0 Å². The Kier molecular flexibility index (Phi) is 4.89. The van der Waals surface area contributed by atoms with Crippen LogP contribution < -0.4 is 5.32 Å². The number of nitrogens with one attached hydrogen (secondary N) is 1. The van der Waals surface area contributed by atoms with Crippen LogP contribution in [-0.4, -0.2) is 25.2 Å². The molecular formula is C12H22N2OS. The first-order valence-electron chi connectivity index (χ1n) is 5.67. The molecule has 1 aromatic rings. The number of aromatic nitrogens is 1. The van der Waals surface area contributed by atoms with E-state index in [2.05, 4.69) is 43.4 Å². The zero-order chi connectivity index (χ0) is 12.2. The summed E-state index contributed by atoms with van der Waals surface area (Å²) >= 11 is 1.73. The Morgan fingerprint density at radius 1 is 1.50 bits per heavy atom. The van der Waals surface area contributed by atoms with Crippen LogP contribution in [0.1, 0.15) is 44.3 Å². The average Bonchev–Trinajstić information content (AvgIpc) is 2.67. The van der Waals surface area contributed by atoms with Gasteiger partial charge in [-0.15, -0.1) is 11.3 Å². The third-order valence-electron chi connectivity index (χ3n) is 2.52. The van der Waals surface area contributed by atoms with Crippen molar-refractivity contribution in [2.75, 3.05) is 20.3 Å². The molecule has 0 aromatic carbocycles. The molecule has 3 nitrogen and oxygen atoms in total. The van der Waals surface area contributed by atoms with Crippen LogP contribution in [0.3, 0.4) is 0 Å². The molecule has 1 heterocycles. The number of thiazole rings is 1. The number of hydrogen-bond donors (Lipinski definition) is 1. The fourth-order valence-electron chi connectivity index (χ4n) is 1.38. The Hall–Kier alpha value is -0.450. The van der Waals surface area contributed by atoms with Crippen molar-refractivity contribution in [2.24, 2.45) is 0 Å². The van der Waals surface area contributed by atoms with Crippen LogP contribution in [0, 0.1) is 0 Å². The molecule has 0 aliphatic heterocycles. The smallest absolute Gasteiger partial charge is 0.112 e. The van der Waals surface area contributed by atoms with Gasteiger partial charge >= 0.3 is 0 Å². The van der Waals surface area contributed by atoms with Gasteiger partial charge in [0.2, 0.25) is 0 Å². The van der Waals surface area contributed by atoms with Crippen molar-refractivity contribution in [2.45, 2.75) is 39.2 Å². The molecule has 1 N–H and O–H groups in total. The average molecular weight is 242 g/mol. The standard InChI is InChI=1S/C12H22N2OS/c1-9(2)10-8-16-11(14-10)12(3,4)13-6-7-15-5/h8-9,13H,6-7H2,1-5H3. The second kappa shape index (κ2) is 5.75. The number of ether oxygens (including phenoxy) is 1. The summed E-state index contributed by atoms with van der Waals surface area (Å²) in [7, 11) is 1.72. The largest absolute Gasteiger partial charge is 0.383 e. The Morgan fingerprint density at radius 2 is 2.19 bits per heavy atom. The van der Waals surface area contributed by atoms with E-state index < -0.39 is 0 Å². The van der Waals surface area contributed by atoms with Gasteiger partial charge in [-0.1, -0.05) is 13.8 Å². The van der Waals surface area contributed by atoms with Crippen LogP contribution in [-0.2, 0) is 10.3 Å². The molecule has 0 atom stereocenters. The van der Waals surface area contributed by atoms with Crippen molar-refractivity contribution >= 4 is 11.3 Å². The van der Waals surface area contributed by atoms with Gasteiger partial charge in [-0.05, 0) is 19.8 Å². The molecule has 92 valence electrons. The quantitative estimate of drug-likeness (QED) is 0.779. The summed E-state index contributed by atoms with van der Waals surface area (Å²) in [5, 5.41) is 6.75. The van der Waals surface area contributed by atoms with Gasteiger partial charge in [-0.3, -0.25) is 0 Å². The Balaban J connectivity index is 2.65. The lowest BCUT2D eigenvalue weighted by atomic mass is 10.1. The maximum atomic E-state index is 5.04. The normalized spacial score (nSPS) is 12.4. The molecule has 0 spiro atoms. The zero-order valence-electron chi connectivity index (χ0n) is 10.8. The molecule has 1 rings (SSSR count). The van der Waals surface area contributed by atoms with E-state index in [0.717, 1.165) is 18.2 Å². The van der Waals surface area contributed by atoms with Crippen molar-refractivity contribution < 1.29 is 4.74 Å². The maximum absolute atomic E-state index is 5.04. The summed E-state index contributed by atoms with van der Waals surface area (Å²) in [6, 6.07) is 0. The highest BCUT2D eigenvalue weighted by Crippen LogP contribution is 2.26. The topological polar surface area (TPSA) is 34.1 Å². The van der Waals surface area contributed by atoms with E-state index >= 15 is 0 Å². The molecule has 0 saturated heterocycles. The van der Waals surface area contributed by atoms with Gasteiger partial charge in [-0.25, -0.2) is 4.98 Å². The SMILES string of the molecule is COCCNC(C)(C)c1nc(C(C)C)cs1. The van der Waals surface area contributed by atoms with Crippen LogP contribution in [0.5, 0.6) is 0 Å². The van der Waals surface area contributed by atoms with Gasteiger partial charge in [0.05, 0.1) is 17.8 Å². The minimum atomic E-state index is -0.0731. The van der Waals surface area contributed by atoms with Gasteiger partial charge in [0.25, 0.3) is 0 Å². The van der Waals surface area contributed by atoms with E-state index in [1.807, 2.05) is 0 Å². The highest BCUT2D eigenvalue weighted by Gasteiger charge is 2.23. The molecule has 0 saturated carbocycles. The monoisotopic (exact) mass is 242 g/mol. The number of rotatable bonds is 6. The Bertz CT molecular complexity index is 321. The second-order valence-corrected chi connectivity index (χ2v) is 5.63. The fraction of sp³-hybridized carbons (Fsp3) is 0.750. The molecular weight excluding hydrogens is 220 g/mol. The van der Waals surface area contributed by atoms with Crippen LogP contribution in [0.15, 0.2) is 5.38 Å². The molecule has 0 fully saturated rings. The molecule has 0 aliphatic rings. The molecule has 4 heteroatoms. The highest BCUT2D eigenvalue weighted by atomic mass is 32.1. The van der Waals surface area contributed by atoms with E-state index in [9.17, 15) is 0 Å². The predicted molar refractivity (Wildman–Crippen MR) is 69.1 cm³/mol. The first kappa shape index (κ1) is 13.6. The summed E-state index contributed by atoms with van der Waals surface area (Å²) < 4.78 is 5.04. The van der Waals surface area contributed by atoms with Gasteiger partial charge in [0, 0.05) is 19.0 Å². The van der Waals surface area contributed by atoms with Crippen LogP contribution in [0.25, 0.3) is 0 Å². The summed E-state index contributed by atoms with van der Waals surface area (Å²) in [4.78, 5) is 4.68. The van der Waals surface area contributed by atoms with E-state index in [1.54, 1.807) is 18.4 Å². The molecule has 1 aromatic heterocycles. The second-order valence-electron chi connectivity index (χ2n) is 4.78. The first-order valence-corrected chi connectivity index (χ1v) is 6.55. The van der Waals surface area contributed by atoms with Crippen LogP contribution >= 0.6 is 11.3 Å². The minimum Gasteiger partial charge on any atom is -0.383 e. The van der Waals surface area contributed by atoms with E-state index in [0.29, 0.717) is 5.92 Å². The summed E-state index contributed by atoms with van der Waals surface area (Å²) in [6.07, 6.45) is 0. The maximum Gasteiger partial charge on any atom is 0.112 e. The molecule has 0 amide bonds. The zero-order valence-corrected chi connectivity index (χ0v) is 11.6. The summed E-state index contributed by atoms with van der Waals surface area (Å²) in [5.41, 5.74) is 1.11. The Labute approximate surface area is 102 Å². The van der Waals surface area contributed by atoms with Crippen molar-refractivity contribution in [3.8, 4) is 0 Å². The fourth-order valence-corrected chi connectivity index (χ4v) is 2.46. The van der Waals surface area contributed by atoms with Crippen molar-refractivity contribution in [3.63, 3.8) is 0 Å². The van der Waals surface area contributed by atoms with Crippen LogP contribution in [0.2, 0.25) is 0 Å². The molecule has 0 bridgehead atoms. The lowest BCUT2D eigenvalue weighted by Gasteiger charge is -2.23.